The second-order valence-corrected chi connectivity index (χ2v) is 6.70. The lowest BCUT2D eigenvalue weighted by atomic mass is 9.95. The molecule has 0 amide bonds. The fourth-order valence-electron chi connectivity index (χ4n) is 3.11. The molecule has 0 aromatic carbocycles. The molecule has 2 N–H and O–H groups in total. The van der Waals surface area contributed by atoms with Crippen molar-refractivity contribution in [3.05, 3.63) is 18.5 Å². The zero-order valence-corrected chi connectivity index (χ0v) is 15.0. The highest BCUT2D eigenvalue weighted by molar-refractivity contribution is 5.72. The van der Waals surface area contributed by atoms with E-state index in [1.54, 1.807) is 10.9 Å². The predicted molar refractivity (Wildman–Crippen MR) is 98.4 cm³/mol. The third-order valence-electron chi connectivity index (χ3n) is 4.65. The van der Waals surface area contributed by atoms with Gasteiger partial charge in [0.05, 0.1) is 11.3 Å². The third-order valence-corrected chi connectivity index (χ3v) is 4.65. The number of rotatable bonds is 7. The molecule has 0 spiro atoms. The molecule has 1 unspecified atom stereocenters. The summed E-state index contributed by atoms with van der Waals surface area (Å²) in [5.74, 6) is 1.23. The molecule has 136 valence electrons. The highest BCUT2D eigenvalue weighted by Gasteiger charge is 2.18. The summed E-state index contributed by atoms with van der Waals surface area (Å²) in [6.45, 7) is 2.05. The molecule has 0 aliphatic heterocycles. The first-order valence-electron chi connectivity index (χ1n) is 9.17. The summed E-state index contributed by atoms with van der Waals surface area (Å²) in [5, 5.41) is 11.0. The van der Waals surface area contributed by atoms with E-state index in [9.17, 15) is 4.39 Å². The van der Waals surface area contributed by atoms with Crippen molar-refractivity contribution < 1.29 is 4.39 Å². The molecule has 1 aliphatic carbocycles. The van der Waals surface area contributed by atoms with Crippen LogP contribution in [0.5, 0.6) is 0 Å². The number of nitrogens with zero attached hydrogens (tertiary/aromatic N) is 4. The van der Waals surface area contributed by atoms with Crippen LogP contribution in [0, 0.1) is 0 Å². The lowest BCUT2D eigenvalue weighted by Gasteiger charge is -2.24. The molecule has 2 heterocycles. The molecule has 1 fully saturated rings. The maximum absolute atomic E-state index is 13.5. The summed E-state index contributed by atoms with van der Waals surface area (Å²) < 4.78 is 15.3. The van der Waals surface area contributed by atoms with Crippen LogP contribution >= 0.6 is 0 Å². The van der Waals surface area contributed by atoms with Gasteiger partial charge in [0.1, 0.15) is 12.0 Å². The first kappa shape index (κ1) is 17.6. The van der Waals surface area contributed by atoms with Crippen LogP contribution in [0.15, 0.2) is 18.5 Å². The highest BCUT2D eigenvalue weighted by atomic mass is 19.1. The van der Waals surface area contributed by atoms with E-state index in [-0.39, 0.29) is 6.54 Å². The molecule has 0 bridgehead atoms. The van der Waals surface area contributed by atoms with Crippen LogP contribution in [0.25, 0.3) is 11.3 Å². The van der Waals surface area contributed by atoms with Gasteiger partial charge in [-0.3, -0.25) is 4.68 Å². The van der Waals surface area contributed by atoms with Crippen molar-refractivity contribution in [2.45, 2.75) is 57.7 Å². The smallest absolute Gasteiger partial charge is 0.224 e. The van der Waals surface area contributed by atoms with E-state index in [1.807, 2.05) is 26.2 Å². The van der Waals surface area contributed by atoms with Gasteiger partial charge >= 0.3 is 0 Å². The molecular formula is C18H27FN6. The fourth-order valence-corrected chi connectivity index (χ4v) is 3.11. The number of alkyl halides is 1. The van der Waals surface area contributed by atoms with Crippen molar-refractivity contribution in [3.8, 4) is 11.3 Å². The lowest BCUT2D eigenvalue weighted by molar-refractivity contribution is 0.340. The van der Waals surface area contributed by atoms with Gasteiger partial charge < -0.3 is 10.6 Å². The lowest BCUT2D eigenvalue weighted by Crippen LogP contribution is -2.24. The van der Waals surface area contributed by atoms with E-state index in [2.05, 4.69) is 25.7 Å². The molecule has 1 atom stereocenters. The number of hydrogen-bond donors (Lipinski definition) is 2. The Hall–Kier alpha value is -2.18. The van der Waals surface area contributed by atoms with E-state index in [0.29, 0.717) is 18.4 Å². The average molecular weight is 346 g/mol. The van der Waals surface area contributed by atoms with Gasteiger partial charge in [0, 0.05) is 32.0 Å². The highest BCUT2D eigenvalue weighted by Crippen LogP contribution is 2.28. The zero-order valence-electron chi connectivity index (χ0n) is 15.0. The second-order valence-electron chi connectivity index (χ2n) is 6.70. The molecule has 2 aromatic heterocycles. The van der Waals surface area contributed by atoms with Crippen LogP contribution in [-0.2, 0) is 7.05 Å². The minimum atomic E-state index is -0.895. The Morgan fingerprint density at radius 2 is 2.12 bits per heavy atom. The Labute approximate surface area is 148 Å². The minimum Gasteiger partial charge on any atom is -0.367 e. The molecule has 2 aromatic rings. The van der Waals surface area contributed by atoms with E-state index in [0.717, 1.165) is 29.9 Å². The van der Waals surface area contributed by atoms with E-state index in [4.69, 9.17) is 0 Å². The number of nitrogens with one attached hydrogen (secondary N) is 2. The largest absolute Gasteiger partial charge is 0.367 e. The summed E-state index contributed by atoms with van der Waals surface area (Å²) in [7, 11) is 1.89. The Morgan fingerprint density at radius 3 is 2.80 bits per heavy atom. The zero-order chi connectivity index (χ0) is 17.6. The van der Waals surface area contributed by atoms with Gasteiger partial charge in [-0.2, -0.15) is 10.1 Å². The Morgan fingerprint density at radius 1 is 1.32 bits per heavy atom. The van der Waals surface area contributed by atoms with Crippen LogP contribution in [0.4, 0.5) is 16.2 Å². The monoisotopic (exact) mass is 346 g/mol. The van der Waals surface area contributed by atoms with Crippen LogP contribution in [0.1, 0.15) is 45.4 Å². The van der Waals surface area contributed by atoms with E-state index >= 15 is 0 Å². The van der Waals surface area contributed by atoms with Crippen LogP contribution in [0.3, 0.4) is 0 Å². The third kappa shape index (κ3) is 4.67. The number of aryl methyl sites for hydroxylation is 1. The van der Waals surface area contributed by atoms with Crippen molar-refractivity contribution in [1.29, 1.82) is 0 Å². The SMILES string of the molecule is CCC(F)CNc1ncc(-c2ccn(C)n2)c(NC2CCCCC2)n1. The quantitative estimate of drug-likeness (QED) is 0.798. The molecule has 6 nitrogen and oxygen atoms in total. The number of halogens is 1. The topological polar surface area (TPSA) is 67.7 Å². The Kier molecular flexibility index (Phi) is 5.83. The molecule has 0 radical (unpaired) electrons. The van der Waals surface area contributed by atoms with Gasteiger partial charge in [0.25, 0.3) is 0 Å². The Bertz CT molecular complexity index is 680. The molecular weight excluding hydrogens is 319 g/mol. The Balaban J connectivity index is 1.82. The summed E-state index contributed by atoms with van der Waals surface area (Å²) in [4.78, 5) is 8.96. The van der Waals surface area contributed by atoms with E-state index < -0.39 is 6.17 Å². The molecule has 7 heteroatoms. The maximum Gasteiger partial charge on any atom is 0.224 e. The van der Waals surface area contributed by atoms with Gasteiger partial charge in [-0.05, 0) is 25.3 Å². The molecule has 3 rings (SSSR count). The fraction of sp³-hybridized carbons (Fsp3) is 0.611. The molecule has 1 saturated carbocycles. The van der Waals surface area contributed by atoms with E-state index in [1.165, 1.54) is 19.3 Å². The van der Waals surface area contributed by atoms with Crippen LogP contribution in [0.2, 0.25) is 0 Å². The predicted octanol–water partition coefficient (Wildman–Crippen LogP) is 3.78. The second kappa shape index (κ2) is 8.27. The van der Waals surface area contributed by atoms with Crippen molar-refractivity contribution in [2.75, 3.05) is 17.2 Å². The van der Waals surface area contributed by atoms with Crippen LogP contribution < -0.4 is 10.6 Å². The van der Waals surface area contributed by atoms with Gasteiger partial charge in [0.2, 0.25) is 5.95 Å². The first-order chi connectivity index (χ1) is 12.2. The molecule has 0 saturated heterocycles. The number of anilines is 2. The van der Waals surface area contributed by atoms with Gasteiger partial charge in [-0.25, -0.2) is 9.37 Å². The number of aromatic nitrogens is 4. The standard InChI is InChI=1S/C18H27FN6/c1-3-13(19)11-20-18-21-12-15(16-9-10-25(2)24-16)17(23-18)22-14-7-5-4-6-8-14/h9-10,12-14H,3-8,11H2,1-2H3,(H2,20,21,22,23). The van der Waals surface area contributed by atoms with Crippen molar-refractivity contribution in [3.63, 3.8) is 0 Å². The van der Waals surface area contributed by atoms with Crippen LogP contribution in [-0.4, -0.2) is 38.5 Å². The normalized spacial score (nSPS) is 16.6. The summed E-state index contributed by atoms with van der Waals surface area (Å²) in [6.07, 6.45) is 9.34. The van der Waals surface area contributed by atoms with Crippen molar-refractivity contribution in [2.24, 2.45) is 7.05 Å². The van der Waals surface area contributed by atoms with Gasteiger partial charge in [-0.15, -0.1) is 0 Å². The first-order valence-corrected chi connectivity index (χ1v) is 9.17. The molecule has 1 aliphatic rings. The summed E-state index contributed by atoms with van der Waals surface area (Å²) in [6, 6.07) is 2.37. The number of hydrogen-bond acceptors (Lipinski definition) is 5. The maximum atomic E-state index is 13.5. The van der Waals surface area contributed by atoms with Crippen molar-refractivity contribution >= 4 is 11.8 Å². The summed E-state index contributed by atoms with van der Waals surface area (Å²) in [5.41, 5.74) is 1.72. The molecule has 25 heavy (non-hydrogen) atoms. The summed E-state index contributed by atoms with van der Waals surface area (Å²) >= 11 is 0. The minimum absolute atomic E-state index is 0.225. The average Bonchev–Trinajstić information content (AvgIpc) is 3.07. The van der Waals surface area contributed by atoms with Crippen molar-refractivity contribution in [1.82, 2.24) is 19.7 Å². The van der Waals surface area contributed by atoms with Gasteiger partial charge in [-0.1, -0.05) is 26.2 Å². The van der Waals surface area contributed by atoms with Gasteiger partial charge in [0.15, 0.2) is 0 Å².